The Morgan fingerprint density at radius 3 is 2.50 bits per heavy atom. The number of halogens is 3. The van der Waals surface area contributed by atoms with E-state index in [1.165, 1.54) is 23.9 Å². The van der Waals surface area contributed by atoms with Gasteiger partial charge in [0.05, 0.1) is 23.7 Å². The van der Waals surface area contributed by atoms with Crippen LogP contribution >= 0.6 is 11.8 Å². The van der Waals surface area contributed by atoms with Crippen LogP contribution in [0.1, 0.15) is 18.1 Å². The molecule has 1 aromatic carbocycles. The van der Waals surface area contributed by atoms with Crippen LogP contribution in [-0.2, 0) is 15.7 Å². The summed E-state index contributed by atoms with van der Waals surface area (Å²) in [5, 5.41) is 0.671. The molecule has 0 spiro atoms. The van der Waals surface area contributed by atoms with Crippen LogP contribution in [-0.4, -0.2) is 42.3 Å². The van der Waals surface area contributed by atoms with E-state index in [1.807, 2.05) is 4.90 Å². The van der Waals surface area contributed by atoms with Crippen molar-refractivity contribution < 1.29 is 22.7 Å². The molecule has 138 valence electrons. The highest BCUT2D eigenvalue weighted by Gasteiger charge is 2.30. The van der Waals surface area contributed by atoms with Gasteiger partial charge in [0.1, 0.15) is 0 Å². The second-order valence-electron chi connectivity index (χ2n) is 5.86. The van der Waals surface area contributed by atoms with Crippen LogP contribution < -0.4 is 0 Å². The molecule has 1 amide bonds. The Bertz CT molecular complexity index is 777. The smallest absolute Gasteiger partial charge is 0.378 e. The molecule has 0 bridgehead atoms. The predicted molar refractivity (Wildman–Crippen MR) is 95.6 cm³/mol. The van der Waals surface area contributed by atoms with E-state index < -0.39 is 11.7 Å². The molecule has 26 heavy (non-hydrogen) atoms. The number of carbonyl (C=O) groups is 1. The number of allylic oxidation sites excluding steroid dienone is 3. The quantitative estimate of drug-likeness (QED) is 0.727. The number of thioether (sulfide) groups is 1. The molecule has 2 aliphatic rings. The van der Waals surface area contributed by atoms with Crippen LogP contribution in [0, 0.1) is 0 Å². The molecule has 3 rings (SSSR count). The van der Waals surface area contributed by atoms with Crippen LogP contribution in [0.3, 0.4) is 0 Å². The number of nitrogens with zero attached hydrogens (tertiary/aromatic N) is 2. The lowest BCUT2D eigenvalue weighted by Gasteiger charge is -2.27. The largest absolute Gasteiger partial charge is 0.416 e. The minimum absolute atomic E-state index is 0.298. The number of benzene rings is 1. The average molecular weight is 382 g/mol. The molecule has 0 N–H and O–H groups in total. The van der Waals surface area contributed by atoms with Gasteiger partial charge in [-0.3, -0.25) is 4.79 Å². The maximum Gasteiger partial charge on any atom is 0.416 e. The van der Waals surface area contributed by atoms with Crippen LogP contribution in [0.15, 0.2) is 46.3 Å². The zero-order valence-electron chi connectivity index (χ0n) is 14.0. The zero-order chi connectivity index (χ0) is 18.7. The molecule has 2 heterocycles. The summed E-state index contributed by atoms with van der Waals surface area (Å²) in [4.78, 5) is 18.6. The Hall–Kier alpha value is -2.06. The minimum Gasteiger partial charge on any atom is -0.378 e. The summed E-state index contributed by atoms with van der Waals surface area (Å²) < 4.78 is 43.1. The van der Waals surface area contributed by atoms with Gasteiger partial charge in [0.15, 0.2) is 5.17 Å². The van der Waals surface area contributed by atoms with E-state index in [1.54, 1.807) is 19.1 Å². The number of hydrogen-bond donors (Lipinski definition) is 0. The molecule has 0 aliphatic carbocycles. The van der Waals surface area contributed by atoms with Crippen molar-refractivity contribution in [3.05, 3.63) is 52.4 Å². The molecule has 1 fully saturated rings. The summed E-state index contributed by atoms with van der Waals surface area (Å²) in [5.41, 5.74) is 0.747. The van der Waals surface area contributed by atoms with Crippen molar-refractivity contribution in [2.45, 2.75) is 13.1 Å². The highest BCUT2D eigenvalue weighted by molar-refractivity contribution is 8.18. The normalized spacial score (nSPS) is 20.7. The van der Waals surface area contributed by atoms with Crippen molar-refractivity contribution >= 4 is 28.4 Å². The van der Waals surface area contributed by atoms with Crippen molar-refractivity contribution in [1.82, 2.24) is 4.90 Å². The lowest BCUT2D eigenvalue weighted by atomic mass is 10.0. The van der Waals surface area contributed by atoms with Crippen LogP contribution in [0.4, 0.5) is 13.2 Å². The highest BCUT2D eigenvalue weighted by atomic mass is 32.2. The summed E-state index contributed by atoms with van der Waals surface area (Å²) in [6.07, 6.45) is -0.962. The fourth-order valence-electron chi connectivity index (χ4n) is 2.52. The summed E-state index contributed by atoms with van der Waals surface area (Å²) in [5.74, 6) is -0.298. The van der Waals surface area contributed by atoms with Gasteiger partial charge in [0.25, 0.3) is 5.91 Å². The van der Waals surface area contributed by atoms with E-state index in [0.29, 0.717) is 41.9 Å². The molecule has 1 saturated heterocycles. The molecule has 0 saturated carbocycles. The number of ether oxygens (including phenoxy) is 1. The van der Waals surface area contributed by atoms with Gasteiger partial charge in [0, 0.05) is 13.1 Å². The van der Waals surface area contributed by atoms with E-state index >= 15 is 0 Å². The number of rotatable bonds is 2. The Kier molecular flexibility index (Phi) is 5.52. The maximum atomic E-state index is 12.6. The zero-order valence-corrected chi connectivity index (χ0v) is 14.9. The van der Waals surface area contributed by atoms with Crippen molar-refractivity contribution in [3.63, 3.8) is 0 Å². The lowest BCUT2D eigenvalue weighted by Crippen LogP contribution is -2.38. The Morgan fingerprint density at radius 1 is 1.23 bits per heavy atom. The number of hydrogen-bond acceptors (Lipinski definition) is 4. The van der Waals surface area contributed by atoms with E-state index in [0.717, 1.165) is 17.7 Å². The second-order valence-corrected chi connectivity index (χ2v) is 6.87. The minimum atomic E-state index is -4.35. The first-order valence-electron chi connectivity index (χ1n) is 8.04. The van der Waals surface area contributed by atoms with Crippen molar-refractivity contribution in [3.8, 4) is 0 Å². The Balaban J connectivity index is 1.69. The molecule has 0 aromatic heterocycles. The number of alkyl halides is 3. The second kappa shape index (κ2) is 7.67. The molecule has 1 aromatic rings. The Labute approximate surface area is 153 Å². The number of carbonyl (C=O) groups excluding carboxylic acids is 1. The van der Waals surface area contributed by atoms with Gasteiger partial charge in [-0.15, -0.1) is 0 Å². The number of aliphatic imine (C=N–C) groups is 1. The average Bonchev–Trinajstić information content (AvgIpc) is 3.00. The first-order valence-corrected chi connectivity index (χ1v) is 8.86. The summed E-state index contributed by atoms with van der Waals surface area (Å²) in [6, 6.07) is 4.95. The van der Waals surface area contributed by atoms with Gasteiger partial charge in [0.2, 0.25) is 0 Å². The monoisotopic (exact) mass is 382 g/mol. The Morgan fingerprint density at radius 2 is 1.88 bits per heavy atom. The van der Waals surface area contributed by atoms with Crippen LogP contribution in [0.5, 0.6) is 0 Å². The molecule has 0 unspecified atom stereocenters. The summed E-state index contributed by atoms with van der Waals surface area (Å²) >= 11 is 1.31. The van der Waals surface area contributed by atoms with Crippen molar-refractivity contribution in [1.29, 1.82) is 0 Å². The molecule has 2 aliphatic heterocycles. The molecular weight excluding hydrogens is 365 g/mol. The number of amides is 1. The maximum absolute atomic E-state index is 12.6. The third-order valence-electron chi connectivity index (χ3n) is 4.04. The van der Waals surface area contributed by atoms with Crippen molar-refractivity contribution in [2.75, 3.05) is 26.3 Å². The van der Waals surface area contributed by atoms with Gasteiger partial charge < -0.3 is 9.64 Å². The predicted octanol–water partition coefficient (Wildman–Crippen LogP) is 3.95. The summed E-state index contributed by atoms with van der Waals surface area (Å²) in [7, 11) is 0. The van der Waals surface area contributed by atoms with Crippen LogP contribution in [0.25, 0.3) is 5.57 Å². The first-order chi connectivity index (χ1) is 12.3. The molecular formula is C18H17F3N2O2S. The standard InChI is InChI=1S/C18H17F3N2O2S/c1-12(13-3-5-14(6-4-13)18(19,20)21)2-7-15-16(24)22-17(26-15)23-8-10-25-11-9-23/h2-7H,8-11H2,1H3/b12-2-,15-7+. The van der Waals surface area contributed by atoms with Crippen molar-refractivity contribution in [2.24, 2.45) is 4.99 Å². The van der Waals surface area contributed by atoms with Gasteiger partial charge in [-0.2, -0.15) is 18.2 Å². The van der Waals surface area contributed by atoms with Crippen LogP contribution in [0.2, 0.25) is 0 Å². The van der Waals surface area contributed by atoms with Gasteiger partial charge in [-0.05, 0) is 48.0 Å². The fourth-order valence-corrected chi connectivity index (χ4v) is 3.43. The summed E-state index contributed by atoms with van der Waals surface area (Å²) in [6.45, 7) is 4.41. The number of morpholine rings is 1. The van der Waals surface area contributed by atoms with E-state index in [4.69, 9.17) is 4.74 Å². The van der Waals surface area contributed by atoms with E-state index in [-0.39, 0.29) is 5.91 Å². The topological polar surface area (TPSA) is 41.9 Å². The number of amidine groups is 1. The van der Waals surface area contributed by atoms with Gasteiger partial charge >= 0.3 is 6.18 Å². The fraction of sp³-hybridized carbons (Fsp3) is 0.333. The van der Waals surface area contributed by atoms with E-state index in [2.05, 4.69) is 4.99 Å². The molecule has 0 radical (unpaired) electrons. The molecule has 8 heteroatoms. The third-order valence-corrected chi connectivity index (χ3v) is 5.11. The third kappa shape index (κ3) is 4.37. The first kappa shape index (κ1) is 18.7. The molecule has 0 atom stereocenters. The van der Waals surface area contributed by atoms with Gasteiger partial charge in [-0.25, -0.2) is 0 Å². The highest BCUT2D eigenvalue weighted by Crippen LogP contribution is 2.31. The lowest BCUT2D eigenvalue weighted by molar-refractivity contribution is -0.137. The van der Waals surface area contributed by atoms with E-state index in [9.17, 15) is 18.0 Å². The SMILES string of the molecule is C/C(=C/C=C1/SC(N2CCOCC2)=NC1=O)c1ccc(C(F)(F)F)cc1. The molecule has 4 nitrogen and oxygen atoms in total. The van der Waals surface area contributed by atoms with Gasteiger partial charge in [-0.1, -0.05) is 18.2 Å².